The summed E-state index contributed by atoms with van der Waals surface area (Å²) in [6.45, 7) is 0. The molecule has 2 heterocycles. The summed E-state index contributed by atoms with van der Waals surface area (Å²) in [4.78, 5) is 15.1. The maximum absolute atomic E-state index is 15.6. The summed E-state index contributed by atoms with van der Waals surface area (Å²) in [5, 5.41) is 0. The van der Waals surface area contributed by atoms with Crippen molar-refractivity contribution in [3.8, 4) is 11.1 Å². The monoisotopic (exact) mass is 557 g/mol. The summed E-state index contributed by atoms with van der Waals surface area (Å²) in [6.07, 6.45) is 7.39. The average molecular weight is 558 g/mol. The van der Waals surface area contributed by atoms with Gasteiger partial charge in [0.25, 0.3) is 0 Å². The van der Waals surface area contributed by atoms with Crippen LogP contribution in [-0.2, 0) is 17.4 Å². The molecular formula is C36H32NO3P. The summed E-state index contributed by atoms with van der Waals surface area (Å²) >= 11 is 0. The number of anilines is 1. The van der Waals surface area contributed by atoms with Crippen molar-refractivity contribution in [3.05, 3.63) is 162 Å². The number of para-hydroxylation sites is 1. The summed E-state index contributed by atoms with van der Waals surface area (Å²) in [7, 11) is -2.95. The Bertz CT molecular complexity index is 1650. The second-order valence-corrected chi connectivity index (χ2v) is 13.7. The Hall–Kier alpha value is -4.40. The van der Waals surface area contributed by atoms with Crippen LogP contribution in [0.15, 0.2) is 144 Å². The van der Waals surface area contributed by atoms with Gasteiger partial charge in [-0.25, -0.2) is 0 Å². The summed E-state index contributed by atoms with van der Waals surface area (Å²) in [5.74, 6) is -0.366. The van der Waals surface area contributed by atoms with Gasteiger partial charge < -0.3 is 13.9 Å². The summed E-state index contributed by atoms with van der Waals surface area (Å²) < 4.78 is 20.9. The van der Waals surface area contributed by atoms with E-state index < -0.39 is 12.9 Å². The standard InChI is InChI=1S/C36H32NO3P/c38-34(35-20-11-25-40-35)21-24-37-33-19-10-9-17-31(33)30-16-7-8-18-32(30)36(37)41(39,26-22-28-12-3-1-4-13-28)27-23-29-14-5-2-6-15-29/h1-21,24-25,36H,22-23,26-27H2/b24-21+. The number of carbonyl (C=O) groups is 1. The lowest BCUT2D eigenvalue weighted by Gasteiger charge is -2.42. The lowest BCUT2D eigenvalue weighted by molar-refractivity contribution is 0.102. The predicted molar refractivity (Wildman–Crippen MR) is 167 cm³/mol. The Balaban J connectivity index is 1.46. The number of rotatable bonds is 10. The number of hydrogen-bond donors (Lipinski definition) is 0. The average Bonchev–Trinajstić information content (AvgIpc) is 3.58. The molecule has 1 aliphatic heterocycles. The molecule has 0 saturated carbocycles. The van der Waals surface area contributed by atoms with Crippen LogP contribution in [0.1, 0.15) is 33.0 Å². The van der Waals surface area contributed by atoms with Gasteiger partial charge in [0.05, 0.1) is 6.26 Å². The van der Waals surface area contributed by atoms with Crippen LogP contribution in [0.3, 0.4) is 0 Å². The first kappa shape index (κ1) is 26.8. The Morgan fingerprint density at radius 2 is 1.29 bits per heavy atom. The van der Waals surface area contributed by atoms with E-state index in [1.807, 2.05) is 66.9 Å². The Morgan fingerprint density at radius 3 is 1.93 bits per heavy atom. The van der Waals surface area contributed by atoms with Crippen molar-refractivity contribution in [2.75, 3.05) is 17.2 Å². The molecular weight excluding hydrogens is 525 g/mol. The molecule has 0 N–H and O–H groups in total. The van der Waals surface area contributed by atoms with Crippen LogP contribution in [0, 0.1) is 0 Å². The SMILES string of the molecule is O=C(/C=C/N1c2ccccc2-c2ccccc2C1P(=O)(CCc1ccccc1)CCc1ccccc1)c1ccco1. The van der Waals surface area contributed by atoms with Crippen LogP contribution < -0.4 is 4.90 Å². The van der Waals surface area contributed by atoms with E-state index in [0.717, 1.165) is 35.2 Å². The normalized spacial score (nSPS) is 14.5. The summed E-state index contributed by atoms with van der Waals surface area (Å²) in [5.41, 5.74) is 6.48. The molecule has 0 fully saturated rings. The fourth-order valence-corrected chi connectivity index (χ4v) is 9.12. The van der Waals surface area contributed by atoms with Crippen molar-refractivity contribution in [2.24, 2.45) is 0 Å². The molecule has 5 aromatic rings. The van der Waals surface area contributed by atoms with Crippen LogP contribution >= 0.6 is 7.14 Å². The van der Waals surface area contributed by atoms with Gasteiger partial charge in [0, 0.05) is 35.9 Å². The molecule has 1 aliphatic rings. The van der Waals surface area contributed by atoms with E-state index in [9.17, 15) is 4.79 Å². The molecule has 4 aromatic carbocycles. The highest BCUT2D eigenvalue weighted by Gasteiger charge is 2.42. The number of carbonyl (C=O) groups excluding carboxylic acids is 1. The lowest BCUT2D eigenvalue weighted by atomic mass is 9.93. The van der Waals surface area contributed by atoms with Crippen LogP contribution in [0.2, 0.25) is 0 Å². The zero-order valence-electron chi connectivity index (χ0n) is 22.8. The molecule has 0 bridgehead atoms. The van der Waals surface area contributed by atoms with E-state index in [4.69, 9.17) is 4.42 Å². The number of nitrogens with zero attached hydrogens (tertiary/aromatic N) is 1. The highest BCUT2D eigenvalue weighted by atomic mass is 31.2. The number of aryl methyl sites for hydroxylation is 2. The zero-order valence-corrected chi connectivity index (χ0v) is 23.7. The molecule has 1 unspecified atom stereocenters. The maximum Gasteiger partial charge on any atom is 0.222 e. The third-order valence-corrected chi connectivity index (χ3v) is 11.2. The van der Waals surface area contributed by atoms with E-state index in [0.29, 0.717) is 12.3 Å². The molecule has 0 spiro atoms. The minimum Gasteiger partial charge on any atom is -0.461 e. The van der Waals surface area contributed by atoms with Crippen LogP contribution in [-0.4, -0.2) is 18.1 Å². The molecule has 1 atom stereocenters. The Morgan fingerprint density at radius 1 is 0.707 bits per heavy atom. The number of ketones is 1. The molecule has 204 valence electrons. The van der Waals surface area contributed by atoms with Gasteiger partial charge in [-0.1, -0.05) is 103 Å². The van der Waals surface area contributed by atoms with E-state index >= 15 is 4.57 Å². The first-order valence-corrected chi connectivity index (χ1v) is 16.2. The van der Waals surface area contributed by atoms with Crippen molar-refractivity contribution in [3.63, 3.8) is 0 Å². The van der Waals surface area contributed by atoms with Gasteiger partial charge in [-0.15, -0.1) is 0 Å². The molecule has 6 rings (SSSR count). The smallest absolute Gasteiger partial charge is 0.222 e. The second kappa shape index (κ2) is 12.0. The number of hydrogen-bond acceptors (Lipinski definition) is 4. The Kier molecular flexibility index (Phi) is 7.84. The van der Waals surface area contributed by atoms with Crippen molar-refractivity contribution in [1.82, 2.24) is 0 Å². The van der Waals surface area contributed by atoms with Gasteiger partial charge in [0.1, 0.15) is 12.9 Å². The zero-order chi connectivity index (χ0) is 28.1. The van der Waals surface area contributed by atoms with Gasteiger partial charge in [0.2, 0.25) is 5.78 Å². The largest absolute Gasteiger partial charge is 0.461 e. The highest BCUT2D eigenvalue weighted by Crippen LogP contribution is 2.65. The van der Waals surface area contributed by atoms with E-state index in [-0.39, 0.29) is 11.5 Å². The van der Waals surface area contributed by atoms with E-state index in [1.54, 1.807) is 12.1 Å². The fraction of sp³-hybridized carbons (Fsp3) is 0.139. The predicted octanol–water partition coefficient (Wildman–Crippen LogP) is 9.01. The molecule has 0 amide bonds. The first-order chi connectivity index (χ1) is 20.1. The highest BCUT2D eigenvalue weighted by molar-refractivity contribution is 7.64. The van der Waals surface area contributed by atoms with Gasteiger partial charge in [0.15, 0.2) is 5.76 Å². The number of furan rings is 1. The van der Waals surface area contributed by atoms with Gasteiger partial charge in [-0.2, -0.15) is 0 Å². The number of benzene rings is 4. The molecule has 0 saturated heterocycles. The Labute approximate surface area is 241 Å². The first-order valence-electron chi connectivity index (χ1n) is 14.0. The van der Waals surface area contributed by atoms with Crippen molar-refractivity contribution >= 4 is 18.6 Å². The van der Waals surface area contributed by atoms with Crippen LogP contribution in [0.4, 0.5) is 5.69 Å². The molecule has 5 heteroatoms. The third kappa shape index (κ3) is 5.75. The van der Waals surface area contributed by atoms with Crippen LogP contribution in [0.5, 0.6) is 0 Å². The van der Waals surface area contributed by atoms with Gasteiger partial charge in [-0.05, 0) is 53.3 Å². The van der Waals surface area contributed by atoms with Crippen molar-refractivity contribution in [1.29, 1.82) is 0 Å². The van der Waals surface area contributed by atoms with Crippen LogP contribution in [0.25, 0.3) is 11.1 Å². The second-order valence-electron chi connectivity index (χ2n) is 10.4. The third-order valence-electron chi connectivity index (χ3n) is 7.81. The molecule has 0 aliphatic carbocycles. The fourth-order valence-electron chi connectivity index (χ4n) is 5.75. The van der Waals surface area contributed by atoms with Gasteiger partial charge in [-0.3, -0.25) is 4.79 Å². The molecule has 41 heavy (non-hydrogen) atoms. The van der Waals surface area contributed by atoms with Crippen molar-refractivity contribution < 1.29 is 13.8 Å². The molecule has 1 aromatic heterocycles. The quantitative estimate of drug-likeness (QED) is 0.0977. The van der Waals surface area contributed by atoms with Crippen molar-refractivity contribution in [2.45, 2.75) is 18.6 Å². The topological polar surface area (TPSA) is 50.5 Å². The molecule has 0 radical (unpaired) electrons. The van der Waals surface area contributed by atoms with Gasteiger partial charge >= 0.3 is 0 Å². The van der Waals surface area contributed by atoms with E-state index in [1.165, 1.54) is 23.5 Å². The number of fused-ring (bicyclic) bond motifs is 3. The van der Waals surface area contributed by atoms with E-state index in [2.05, 4.69) is 53.4 Å². The number of allylic oxidation sites excluding steroid dienone is 1. The molecule has 4 nitrogen and oxygen atoms in total. The summed E-state index contributed by atoms with van der Waals surface area (Å²) in [6, 6.07) is 40.4. The minimum absolute atomic E-state index is 0.228. The minimum atomic E-state index is -2.95. The maximum atomic E-state index is 15.6. The lowest BCUT2D eigenvalue weighted by Crippen LogP contribution is -2.30.